The van der Waals surface area contributed by atoms with Crippen molar-refractivity contribution in [3.05, 3.63) is 113 Å². The molecule has 0 fully saturated rings. The van der Waals surface area contributed by atoms with Gasteiger partial charge in [-0.3, -0.25) is 9.59 Å². The molecule has 39 heavy (non-hydrogen) atoms. The molecule has 0 bridgehead atoms. The van der Waals surface area contributed by atoms with E-state index in [0.29, 0.717) is 12.1 Å². The molecule has 4 aromatic rings. The Kier molecular flexibility index (Phi) is 7.94. The highest BCUT2D eigenvalue weighted by molar-refractivity contribution is 5.97. The Hall–Kier alpha value is -4.16. The molecule has 6 nitrogen and oxygen atoms in total. The number of hydrogen-bond donors (Lipinski definition) is 2. The minimum atomic E-state index is -0.483. The average Bonchev–Trinajstić information content (AvgIpc) is 2.98. The van der Waals surface area contributed by atoms with Crippen molar-refractivity contribution < 1.29 is 19.1 Å². The topological polar surface area (TPSA) is 76.7 Å². The van der Waals surface area contributed by atoms with E-state index in [1.54, 1.807) is 0 Å². The van der Waals surface area contributed by atoms with Crippen molar-refractivity contribution in [1.29, 1.82) is 0 Å². The number of methoxy groups -OCH3 is 1. The summed E-state index contributed by atoms with van der Waals surface area (Å²) in [7, 11) is 1.30. The lowest BCUT2D eigenvalue weighted by molar-refractivity contribution is -0.139. The molecule has 200 valence electrons. The second-order valence-electron chi connectivity index (χ2n) is 10.1. The number of ether oxygens (including phenoxy) is 2. The first-order valence-electron chi connectivity index (χ1n) is 13.4. The molecule has 1 amide bonds. The van der Waals surface area contributed by atoms with Crippen LogP contribution in [-0.4, -0.2) is 38.2 Å². The fraction of sp³-hybridized carbons (Fsp3) is 0.273. The van der Waals surface area contributed by atoms with Gasteiger partial charge in [-0.1, -0.05) is 72.8 Å². The molecular formula is C33H34N2O4. The summed E-state index contributed by atoms with van der Waals surface area (Å²) < 4.78 is 11.1. The van der Waals surface area contributed by atoms with Gasteiger partial charge in [0.1, 0.15) is 18.4 Å². The van der Waals surface area contributed by atoms with E-state index in [1.165, 1.54) is 23.4 Å². The van der Waals surface area contributed by atoms with Gasteiger partial charge in [-0.2, -0.15) is 0 Å². The Labute approximate surface area is 229 Å². The maximum Gasteiger partial charge on any atom is 0.325 e. The summed E-state index contributed by atoms with van der Waals surface area (Å²) in [6.07, 6.45) is 0.735. The molecule has 0 aromatic heterocycles. The first-order chi connectivity index (χ1) is 18.9. The molecule has 0 aliphatic carbocycles. The molecule has 6 heteroatoms. The fourth-order valence-electron chi connectivity index (χ4n) is 5.40. The third kappa shape index (κ3) is 5.81. The molecule has 1 aliphatic heterocycles. The SMILES string of the molecule is COC(=O)CNC(=O)c1cc([C@@H]2C[C@H](CNC(C)c3cccc4ccccc34)Oc3ccccc32)ccc1C. The third-order valence-corrected chi connectivity index (χ3v) is 7.56. The maximum atomic E-state index is 12.9. The van der Waals surface area contributed by atoms with Crippen LogP contribution in [0.3, 0.4) is 0 Å². The highest BCUT2D eigenvalue weighted by Crippen LogP contribution is 2.41. The number of esters is 1. The molecule has 1 aliphatic rings. The Bertz CT molecular complexity index is 1490. The van der Waals surface area contributed by atoms with Gasteiger partial charge < -0.3 is 20.1 Å². The summed E-state index contributed by atoms with van der Waals surface area (Å²) in [4.78, 5) is 24.4. The van der Waals surface area contributed by atoms with E-state index in [4.69, 9.17) is 4.74 Å². The van der Waals surface area contributed by atoms with Gasteiger partial charge in [0, 0.05) is 29.6 Å². The van der Waals surface area contributed by atoms with Crippen LogP contribution in [0, 0.1) is 6.92 Å². The Morgan fingerprint density at radius 2 is 1.77 bits per heavy atom. The predicted octanol–water partition coefficient (Wildman–Crippen LogP) is 5.68. The largest absolute Gasteiger partial charge is 0.489 e. The normalized spacial score (nSPS) is 17.1. The Balaban J connectivity index is 1.36. The van der Waals surface area contributed by atoms with Crippen LogP contribution in [0.4, 0.5) is 0 Å². The number of carbonyl (C=O) groups excluding carboxylic acids is 2. The zero-order valence-electron chi connectivity index (χ0n) is 22.6. The van der Waals surface area contributed by atoms with E-state index < -0.39 is 5.97 Å². The van der Waals surface area contributed by atoms with Crippen LogP contribution >= 0.6 is 0 Å². The monoisotopic (exact) mass is 522 g/mol. The summed E-state index contributed by atoms with van der Waals surface area (Å²) in [5, 5.41) is 8.85. The first-order valence-corrected chi connectivity index (χ1v) is 13.4. The highest BCUT2D eigenvalue weighted by atomic mass is 16.5. The van der Waals surface area contributed by atoms with E-state index in [-0.39, 0.29) is 30.5 Å². The van der Waals surface area contributed by atoms with Gasteiger partial charge in [0.15, 0.2) is 0 Å². The molecule has 4 aromatic carbocycles. The van der Waals surface area contributed by atoms with Crippen LogP contribution in [0.5, 0.6) is 5.75 Å². The lowest BCUT2D eigenvalue weighted by atomic mass is 9.83. The van der Waals surface area contributed by atoms with Crippen LogP contribution in [0.2, 0.25) is 0 Å². The number of carbonyl (C=O) groups is 2. The fourth-order valence-corrected chi connectivity index (χ4v) is 5.40. The quantitative estimate of drug-likeness (QED) is 0.291. The van der Waals surface area contributed by atoms with Crippen molar-refractivity contribution in [2.24, 2.45) is 0 Å². The van der Waals surface area contributed by atoms with Crippen molar-refractivity contribution in [3.63, 3.8) is 0 Å². The molecule has 3 atom stereocenters. The Morgan fingerprint density at radius 3 is 2.62 bits per heavy atom. The molecule has 1 heterocycles. The lowest BCUT2D eigenvalue weighted by Gasteiger charge is -2.33. The Morgan fingerprint density at radius 1 is 1.00 bits per heavy atom. The number of rotatable bonds is 8. The molecule has 5 rings (SSSR count). The number of nitrogens with one attached hydrogen (secondary N) is 2. The predicted molar refractivity (Wildman–Crippen MR) is 153 cm³/mol. The molecular weight excluding hydrogens is 488 g/mol. The van der Waals surface area contributed by atoms with Crippen molar-refractivity contribution >= 4 is 22.6 Å². The van der Waals surface area contributed by atoms with Gasteiger partial charge in [0.05, 0.1) is 7.11 Å². The van der Waals surface area contributed by atoms with E-state index in [1.807, 2.05) is 37.3 Å². The molecule has 2 N–H and O–H groups in total. The van der Waals surface area contributed by atoms with Crippen LogP contribution in [-0.2, 0) is 9.53 Å². The maximum absolute atomic E-state index is 12.9. The smallest absolute Gasteiger partial charge is 0.325 e. The number of hydrogen-bond acceptors (Lipinski definition) is 5. The van der Waals surface area contributed by atoms with E-state index in [2.05, 4.69) is 76.9 Å². The van der Waals surface area contributed by atoms with Crippen molar-refractivity contribution in [1.82, 2.24) is 10.6 Å². The minimum absolute atomic E-state index is 0.0415. The molecule has 0 saturated carbocycles. The first kappa shape index (κ1) is 26.4. The summed E-state index contributed by atoms with van der Waals surface area (Å²) in [6.45, 7) is 4.61. The van der Waals surface area contributed by atoms with Gasteiger partial charge >= 0.3 is 5.97 Å². The zero-order chi connectivity index (χ0) is 27.4. The van der Waals surface area contributed by atoms with Crippen molar-refractivity contribution in [2.75, 3.05) is 20.2 Å². The van der Waals surface area contributed by atoms with Crippen LogP contribution < -0.4 is 15.4 Å². The zero-order valence-corrected chi connectivity index (χ0v) is 22.6. The van der Waals surface area contributed by atoms with Crippen LogP contribution in [0.25, 0.3) is 10.8 Å². The number of aryl methyl sites for hydroxylation is 1. The second kappa shape index (κ2) is 11.7. The molecule has 0 spiro atoms. The number of benzene rings is 4. The van der Waals surface area contributed by atoms with Crippen LogP contribution in [0.15, 0.2) is 84.9 Å². The van der Waals surface area contributed by atoms with Gasteiger partial charge in [-0.05, 0) is 59.9 Å². The van der Waals surface area contributed by atoms with Gasteiger partial charge in [-0.25, -0.2) is 0 Å². The van der Waals surface area contributed by atoms with Gasteiger partial charge in [-0.15, -0.1) is 0 Å². The summed E-state index contributed by atoms with van der Waals surface area (Å²) >= 11 is 0. The van der Waals surface area contributed by atoms with E-state index in [9.17, 15) is 9.59 Å². The number of amides is 1. The van der Waals surface area contributed by atoms with Crippen LogP contribution in [0.1, 0.15) is 57.9 Å². The van der Waals surface area contributed by atoms with Crippen molar-refractivity contribution in [2.45, 2.75) is 38.3 Å². The molecule has 0 saturated heterocycles. The highest BCUT2D eigenvalue weighted by Gasteiger charge is 2.30. The van der Waals surface area contributed by atoms with E-state index in [0.717, 1.165) is 28.9 Å². The summed E-state index contributed by atoms with van der Waals surface area (Å²) in [6, 6.07) is 29.2. The van der Waals surface area contributed by atoms with Gasteiger partial charge in [0.25, 0.3) is 5.91 Å². The van der Waals surface area contributed by atoms with Gasteiger partial charge in [0.2, 0.25) is 0 Å². The average molecular weight is 523 g/mol. The summed E-state index contributed by atoms with van der Waals surface area (Å²) in [5.74, 6) is 0.170. The molecule has 1 unspecified atom stereocenters. The minimum Gasteiger partial charge on any atom is -0.489 e. The third-order valence-electron chi connectivity index (χ3n) is 7.56. The second-order valence-corrected chi connectivity index (χ2v) is 10.1. The standard InChI is InChI=1S/C33H34N2O4/c1-21-15-16-24(17-29(21)33(37)35-20-32(36)38-3)30-18-25(39-31-14-7-6-12-28(30)31)19-34-22(2)26-13-8-10-23-9-4-5-11-27(23)26/h4-17,22,25,30,34H,18-20H2,1-3H3,(H,35,37)/t22?,25-,30+/m1/s1. The van der Waals surface area contributed by atoms with Crippen molar-refractivity contribution in [3.8, 4) is 5.75 Å². The number of para-hydroxylation sites is 1. The molecule has 0 radical (unpaired) electrons. The lowest BCUT2D eigenvalue weighted by Crippen LogP contribution is -2.37. The van der Waals surface area contributed by atoms with E-state index >= 15 is 0 Å². The number of fused-ring (bicyclic) bond motifs is 2. The summed E-state index contributed by atoms with van der Waals surface area (Å²) in [5.41, 5.74) is 4.83.